The van der Waals surface area contributed by atoms with E-state index in [0.29, 0.717) is 18.4 Å². The van der Waals surface area contributed by atoms with E-state index in [4.69, 9.17) is 0 Å². The van der Waals surface area contributed by atoms with Gasteiger partial charge in [-0.25, -0.2) is 21.9 Å². The maximum Gasteiger partial charge on any atom is 0.254 e. The summed E-state index contributed by atoms with van der Waals surface area (Å²) in [5.41, 5.74) is 0.350. The number of carbonyl (C=O) groups is 2. The molecule has 10 heteroatoms. The molecule has 0 aliphatic heterocycles. The van der Waals surface area contributed by atoms with Crippen molar-refractivity contribution in [2.45, 2.75) is 18.1 Å². The predicted octanol–water partition coefficient (Wildman–Crippen LogP) is 1.56. The summed E-state index contributed by atoms with van der Waals surface area (Å²) in [7, 11) is -3.45. The van der Waals surface area contributed by atoms with Crippen molar-refractivity contribution in [3.05, 3.63) is 59.7 Å². The molecule has 0 bridgehead atoms. The molecule has 1 aliphatic carbocycles. The van der Waals surface area contributed by atoms with Crippen molar-refractivity contribution in [1.29, 1.82) is 0 Å². The molecule has 1 fully saturated rings. The molecular formula is C20H21F2N3O4S. The van der Waals surface area contributed by atoms with Gasteiger partial charge in [-0.2, -0.15) is 0 Å². The molecule has 0 aromatic heterocycles. The number of amides is 2. The third kappa shape index (κ3) is 5.61. The Morgan fingerprint density at radius 2 is 1.67 bits per heavy atom. The van der Waals surface area contributed by atoms with Crippen LogP contribution < -0.4 is 15.4 Å². The Balaban J connectivity index is 1.49. The summed E-state index contributed by atoms with van der Waals surface area (Å²) in [5.74, 6) is -2.50. The largest absolute Gasteiger partial charge is 0.353 e. The van der Waals surface area contributed by atoms with E-state index in [2.05, 4.69) is 15.4 Å². The molecule has 0 radical (unpaired) electrons. The summed E-state index contributed by atoms with van der Waals surface area (Å²) in [5, 5.41) is 4.50. The van der Waals surface area contributed by atoms with Crippen LogP contribution in [0.3, 0.4) is 0 Å². The van der Waals surface area contributed by atoms with Gasteiger partial charge >= 0.3 is 0 Å². The first kappa shape index (κ1) is 21.8. The molecule has 2 aromatic rings. The highest BCUT2D eigenvalue weighted by atomic mass is 32.2. The molecule has 1 saturated carbocycles. The second-order valence-corrected chi connectivity index (χ2v) is 8.89. The lowest BCUT2D eigenvalue weighted by molar-refractivity contribution is -0.119. The normalized spacial score (nSPS) is 13.7. The standard InChI is InChI=1S/C20H21F2N3O4S/c21-17-4-2-1-3-15(17)13-5-8-18(22)16(11-13)20(27)24-10-9-23-19(26)12-25-30(28,29)14-6-7-14/h1-5,8,11,14,25H,6-7,9-10,12H2,(H,23,26)(H,24,27). The number of hydrogen-bond donors (Lipinski definition) is 3. The summed E-state index contributed by atoms with van der Waals surface area (Å²) in [6.07, 6.45) is 1.19. The number of sulfonamides is 1. The molecule has 7 nitrogen and oxygen atoms in total. The first-order chi connectivity index (χ1) is 14.3. The van der Waals surface area contributed by atoms with Crippen molar-refractivity contribution in [3.8, 4) is 11.1 Å². The molecule has 0 atom stereocenters. The molecule has 0 heterocycles. The van der Waals surface area contributed by atoms with E-state index >= 15 is 0 Å². The average molecular weight is 437 g/mol. The van der Waals surface area contributed by atoms with E-state index < -0.39 is 38.7 Å². The van der Waals surface area contributed by atoms with Gasteiger partial charge in [0, 0.05) is 18.7 Å². The van der Waals surface area contributed by atoms with Crippen molar-refractivity contribution in [2.75, 3.05) is 19.6 Å². The average Bonchev–Trinajstić information content (AvgIpc) is 3.57. The first-order valence-corrected chi connectivity index (χ1v) is 10.9. The highest BCUT2D eigenvalue weighted by Gasteiger charge is 2.35. The fourth-order valence-electron chi connectivity index (χ4n) is 2.76. The van der Waals surface area contributed by atoms with Gasteiger partial charge in [0.25, 0.3) is 5.91 Å². The van der Waals surface area contributed by atoms with E-state index in [-0.39, 0.29) is 30.8 Å². The summed E-state index contributed by atoms with van der Waals surface area (Å²) >= 11 is 0. The fourth-order valence-corrected chi connectivity index (χ4v) is 4.08. The maximum atomic E-state index is 14.1. The summed E-state index contributed by atoms with van der Waals surface area (Å²) < 4.78 is 53.5. The molecule has 0 spiro atoms. The molecular weight excluding hydrogens is 416 g/mol. The van der Waals surface area contributed by atoms with Crippen LogP contribution in [-0.2, 0) is 14.8 Å². The minimum atomic E-state index is -3.45. The summed E-state index contributed by atoms with van der Waals surface area (Å²) in [4.78, 5) is 24.0. The second-order valence-electron chi connectivity index (χ2n) is 6.85. The van der Waals surface area contributed by atoms with Gasteiger partial charge in [-0.1, -0.05) is 24.3 Å². The van der Waals surface area contributed by atoms with Gasteiger partial charge in [0.15, 0.2) is 0 Å². The Morgan fingerprint density at radius 3 is 2.37 bits per heavy atom. The Labute approximate surface area is 172 Å². The molecule has 1 aliphatic rings. The molecule has 3 N–H and O–H groups in total. The predicted molar refractivity (Wildman–Crippen MR) is 107 cm³/mol. The van der Waals surface area contributed by atoms with E-state index in [1.54, 1.807) is 6.07 Å². The van der Waals surface area contributed by atoms with Gasteiger partial charge in [-0.05, 0) is 36.6 Å². The van der Waals surface area contributed by atoms with Gasteiger partial charge in [-0.15, -0.1) is 0 Å². The van der Waals surface area contributed by atoms with Crippen molar-refractivity contribution in [2.24, 2.45) is 0 Å². The highest BCUT2D eigenvalue weighted by molar-refractivity contribution is 7.90. The summed E-state index contributed by atoms with van der Waals surface area (Å²) in [6.45, 7) is -0.347. The molecule has 0 unspecified atom stereocenters. The molecule has 30 heavy (non-hydrogen) atoms. The SMILES string of the molecule is O=C(CNS(=O)(=O)C1CC1)NCCNC(=O)c1cc(-c2ccccc2F)ccc1F. The van der Waals surface area contributed by atoms with Crippen LogP contribution in [0.2, 0.25) is 0 Å². The minimum absolute atomic E-state index is 0.00329. The quantitative estimate of drug-likeness (QED) is 0.518. The van der Waals surface area contributed by atoms with Gasteiger partial charge < -0.3 is 10.6 Å². The number of rotatable bonds is 9. The van der Waals surface area contributed by atoms with Crippen molar-refractivity contribution in [1.82, 2.24) is 15.4 Å². The third-order valence-electron chi connectivity index (χ3n) is 4.53. The maximum absolute atomic E-state index is 14.1. The van der Waals surface area contributed by atoms with E-state index in [0.717, 1.165) is 6.07 Å². The minimum Gasteiger partial charge on any atom is -0.353 e. The van der Waals surface area contributed by atoms with Crippen LogP contribution in [0.5, 0.6) is 0 Å². The second kappa shape index (κ2) is 9.31. The van der Waals surface area contributed by atoms with Crippen LogP contribution in [0.25, 0.3) is 11.1 Å². The number of hydrogen-bond acceptors (Lipinski definition) is 4. The molecule has 2 amide bonds. The van der Waals surface area contributed by atoms with Crippen LogP contribution in [0, 0.1) is 11.6 Å². The monoisotopic (exact) mass is 437 g/mol. The lowest BCUT2D eigenvalue weighted by atomic mass is 10.0. The Kier molecular flexibility index (Phi) is 6.78. The van der Waals surface area contributed by atoms with Crippen molar-refractivity contribution in [3.63, 3.8) is 0 Å². The topological polar surface area (TPSA) is 104 Å². The number of benzene rings is 2. The molecule has 2 aromatic carbocycles. The molecule has 160 valence electrons. The van der Waals surface area contributed by atoms with Crippen LogP contribution in [-0.4, -0.2) is 45.1 Å². The van der Waals surface area contributed by atoms with Crippen LogP contribution in [0.15, 0.2) is 42.5 Å². The number of nitrogens with one attached hydrogen (secondary N) is 3. The van der Waals surface area contributed by atoms with Gasteiger partial charge in [0.1, 0.15) is 11.6 Å². The third-order valence-corrected chi connectivity index (χ3v) is 6.42. The van der Waals surface area contributed by atoms with Crippen LogP contribution >= 0.6 is 0 Å². The van der Waals surface area contributed by atoms with Gasteiger partial charge in [0.05, 0.1) is 17.4 Å². The van der Waals surface area contributed by atoms with E-state index in [1.165, 1.54) is 30.3 Å². The lowest BCUT2D eigenvalue weighted by Gasteiger charge is -2.10. The smallest absolute Gasteiger partial charge is 0.254 e. The Bertz CT molecular complexity index is 1060. The zero-order valence-electron chi connectivity index (χ0n) is 16.0. The zero-order chi connectivity index (χ0) is 21.7. The van der Waals surface area contributed by atoms with Crippen molar-refractivity contribution < 1.29 is 26.8 Å². The zero-order valence-corrected chi connectivity index (χ0v) is 16.8. The van der Waals surface area contributed by atoms with E-state index in [9.17, 15) is 26.8 Å². The Hall–Kier alpha value is -2.85. The first-order valence-electron chi connectivity index (χ1n) is 9.36. The van der Waals surface area contributed by atoms with E-state index in [1.807, 2.05) is 0 Å². The van der Waals surface area contributed by atoms with Gasteiger partial charge in [-0.3, -0.25) is 9.59 Å². The Morgan fingerprint density at radius 1 is 0.967 bits per heavy atom. The summed E-state index contributed by atoms with van der Waals surface area (Å²) in [6, 6.07) is 9.69. The highest BCUT2D eigenvalue weighted by Crippen LogP contribution is 2.27. The number of carbonyl (C=O) groups excluding carboxylic acids is 2. The van der Waals surface area contributed by atoms with Crippen LogP contribution in [0.1, 0.15) is 23.2 Å². The van der Waals surface area contributed by atoms with Crippen LogP contribution in [0.4, 0.5) is 8.78 Å². The van der Waals surface area contributed by atoms with Gasteiger partial charge in [0.2, 0.25) is 15.9 Å². The number of halogens is 2. The molecule has 0 saturated heterocycles. The fraction of sp³-hybridized carbons (Fsp3) is 0.300. The molecule has 3 rings (SSSR count). The van der Waals surface area contributed by atoms with Crippen molar-refractivity contribution >= 4 is 21.8 Å². The lowest BCUT2D eigenvalue weighted by Crippen LogP contribution is -2.41.